The molecule has 0 bridgehead atoms. The van der Waals surface area contributed by atoms with Crippen LogP contribution in [0.25, 0.3) is 11.2 Å². The van der Waals surface area contributed by atoms with Gasteiger partial charge in [-0.3, -0.25) is 14.2 Å². The van der Waals surface area contributed by atoms with Crippen molar-refractivity contribution in [3.63, 3.8) is 0 Å². The standard InChI is InChI=1S/C22H19Cl2N5O3/c1-2-27-13-25-20-19(27)21(31)29(22(32)28(20)11-14-6-4-3-5-7-14)12-18(30)26-17-10-15(23)8-9-16(17)24/h3-10,13H,2,11-12H2,1H3,(H,26,30). The smallest absolute Gasteiger partial charge is 0.325 e. The van der Waals surface area contributed by atoms with Gasteiger partial charge in [0.2, 0.25) is 5.91 Å². The number of hydrogen-bond acceptors (Lipinski definition) is 4. The molecule has 0 spiro atoms. The van der Waals surface area contributed by atoms with E-state index < -0.39 is 23.7 Å². The first-order chi connectivity index (χ1) is 15.4. The predicted octanol–water partition coefficient (Wildman–Crippen LogP) is 3.37. The Kier molecular flexibility index (Phi) is 6.16. The number of carbonyl (C=O) groups excluding carboxylic acids is 1. The lowest BCUT2D eigenvalue weighted by atomic mass is 10.2. The van der Waals surface area contributed by atoms with E-state index >= 15 is 0 Å². The van der Waals surface area contributed by atoms with Crippen molar-refractivity contribution >= 4 is 46.0 Å². The second-order valence-corrected chi connectivity index (χ2v) is 7.96. The van der Waals surface area contributed by atoms with Crippen LogP contribution in [-0.4, -0.2) is 24.6 Å². The molecule has 2 aromatic heterocycles. The predicted molar refractivity (Wildman–Crippen MR) is 125 cm³/mol. The molecule has 1 amide bonds. The average Bonchev–Trinajstić information content (AvgIpc) is 3.22. The highest BCUT2D eigenvalue weighted by Crippen LogP contribution is 2.25. The van der Waals surface area contributed by atoms with E-state index in [1.165, 1.54) is 17.0 Å². The summed E-state index contributed by atoms with van der Waals surface area (Å²) in [4.78, 5) is 43.4. The van der Waals surface area contributed by atoms with Gasteiger partial charge in [-0.2, -0.15) is 0 Å². The Labute approximate surface area is 192 Å². The quantitative estimate of drug-likeness (QED) is 0.466. The van der Waals surface area contributed by atoms with Crippen molar-refractivity contribution in [2.75, 3.05) is 5.32 Å². The first-order valence-corrected chi connectivity index (χ1v) is 10.6. The lowest BCUT2D eigenvalue weighted by Gasteiger charge is -2.13. The molecule has 0 aliphatic carbocycles. The lowest BCUT2D eigenvalue weighted by molar-refractivity contribution is -0.116. The van der Waals surface area contributed by atoms with E-state index in [-0.39, 0.29) is 22.7 Å². The molecule has 0 radical (unpaired) electrons. The van der Waals surface area contributed by atoms with Crippen LogP contribution in [0.2, 0.25) is 10.0 Å². The molecule has 0 saturated heterocycles. The minimum atomic E-state index is -0.625. The summed E-state index contributed by atoms with van der Waals surface area (Å²) in [5.41, 5.74) is 0.488. The van der Waals surface area contributed by atoms with Crippen molar-refractivity contribution < 1.29 is 4.79 Å². The maximum Gasteiger partial charge on any atom is 0.333 e. The molecule has 0 aliphatic rings. The van der Waals surface area contributed by atoms with Crippen LogP contribution in [0.15, 0.2) is 64.4 Å². The summed E-state index contributed by atoms with van der Waals surface area (Å²) in [6.45, 7) is 2.07. The van der Waals surface area contributed by atoms with E-state index in [4.69, 9.17) is 23.2 Å². The van der Waals surface area contributed by atoms with Crippen LogP contribution in [0, 0.1) is 0 Å². The van der Waals surface area contributed by atoms with Crippen LogP contribution in [0.1, 0.15) is 12.5 Å². The summed E-state index contributed by atoms with van der Waals surface area (Å²) >= 11 is 12.1. The normalized spacial score (nSPS) is 11.1. The van der Waals surface area contributed by atoms with Crippen LogP contribution in [0.3, 0.4) is 0 Å². The number of nitrogens with zero attached hydrogens (tertiary/aromatic N) is 4. The number of imidazole rings is 1. The molecule has 10 heteroatoms. The highest BCUT2D eigenvalue weighted by atomic mass is 35.5. The molecule has 0 aliphatic heterocycles. The minimum absolute atomic E-state index is 0.207. The molecule has 2 aromatic carbocycles. The van der Waals surface area contributed by atoms with Crippen LogP contribution in [0.4, 0.5) is 5.69 Å². The number of aromatic nitrogens is 4. The number of nitrogens with one attached hydrogen (secondary N) is 1. The lowest BCUT2D eigenvalue weighted by Crippen LogP contribution is -2.43. The van der Waals surface area contributed by atoms with Crippen molar-refractivity contribution in [3.8, 4) is 0 Å². The third-order valence-electron chi connectivity index (χ3n) is 5.01. The van der Waals surface area contributed by atoms with Crippen molar-refractivity contribution in [1.29, 1.82) is 0 Å². The number of hydrogen-bond donors (Lipinski definition) is 1. The van der Waals surface area contributed by atoms with E-state index in [0.29, 0.717) is 17.3 Å². The molecule has 1 N–H and O–H groups in total. The van der Waals surface area contributed by atoms with Crippen LogP contribution in [0.5, 0.6) is 0 Å². The third-order valence-corrected chi connectivity index (χ3v) is 5.58. The van der Waals surface area contributed by atoms with Gasteiger partial charge in [0.15, 0.2) is 11.2 Å². The highest BCUT2D eigenvalue weighted by molar-refractivity contribution is 6.35. The van der Waals surface area contributed by atoms with E-state index in [1.54, 1.807) is 16.7 Å². The molecule has 164 valence electrons. The Morgan fingerprint density at radius 2 is 1.81 bits per heavy atom. The zero-order chi connectivity index (χ0) is 22.8. The summed E-state index contributed by atoms with van der Waals surface area (Å²) in [7, 11) is 0. The summed E-state index contributed by atoms with van der Waals surface area (Å²) in [6, 6.07) is 14.0. The van der Waals surface area contributed by atoms with Gasteiger partial charge in [-0.15, -0.1) is 0 Å². The number of benzene rings is 2. The van der Waals surface area contributed by atoms with Gasteiger partial charge < -0.3 is 9.88 Å². The van der Waals surface area contributed by atoms with Crippen LogP contribution in [-0.2, 0) is 24.4 Å². The average molecular weight is 472 g/mol. The van der Waals surface area contributed by atoms with Gasteiger partial charge in [0.25, 0.3) is 5.56 Å². The van der Waals surface area contributed by atoms with Crippen LogP contribution < -0.4 is 16.6 Å². The number of halogens is 2. The Morgan fingerprint density at radius 3 is 2.53 bits per heavy atom. The molecule has 0 saturated carbocycles. The number of rotatable bonds is 6. The zero-order valence-electron chi connectivity index (χ0n) is 17.1. The maximum absolute atomic E-state index is 13.3. The molecule has 4 aromatic rings. The molecule has 0 unspecified atom stereocenters. The van der Waals surface area contributed by atoms with Gasteiger partial charge in [0.1, 0.15) is 6.54 Å². The molecule has 32 heavy (non-hydrogen) atoms. The topological polar surface area (TPSA) is 90.9 Å². The monoisotopic (exact) mass is 471 g/mol. The summed E-state index contributed by atoms with van der Waals surface area (Å²) in [6.07, 6.45) is 1.52. The summed E-state index contributed by atoms with van der Waals surface area (Å²) < 4.78 is 3.96. The fourth-order valence-corrected chi connectivity index (χ4v) is 3.79. The Hall–Kier alpha value is -3.36. The van der Waals surface area contributed by atoms with Crippen molar-refractivity contribution in [2.24, 2.45) is 0 Å². The number of amides is 1. The largest absolute Gasteiger partial charge is 0.333 e. The van der Waals surface area contributed by atoms with Crippen molar-refractivity contribution in [1.82, 2.24) is 18.7 Å². The van der Waals surface area contributed by atoms with Gasteiger partial charge in [0, 0.05) is 11.6 Å². The van der Waals surface area contributed by atoms with Gasteiger partial charge >= 0.3 is 5.69 Å². The van der Waals surface area contributed by atoms with Crippen LogP contribution >= 0.6 is 23.2 Å². The molecule has 0 atom stereocenters. The first-order valence-electron chi connectivity index (χ1n) is 9.86. The van der Waals surface area contributed by atoms with E-state index in [0.717, 1.165) is 10.1 Å². The number of anilines is 1. The minimum Gasteiger partial charge on any atom is -0.325 e. The van der Waals surface area contributed by atoms with Gasteiger partial charge in [-0.1, -0.05) is 53.5 Å². The molecule has 8 nitrogen and oxygen atoms in total. The first kappa shape index (κ1) is 21.9. The molecular weight excluding hydrogens is 453 g/mol. The fourth-order valence-electron chi connectivity index (χ4n) is 3.45. The van der Waals surface area contributed by atoms with Crippen molar-refractivity contribution in [3.05, 3.63) is 91.3 Å². The highest BCUT2D eigenvalue weighted by Gasteiger charge is 2.20. The third kappa shape index (κ3) is 4.19. The Morgan fingerprint density at radius 1 is 1.06 bits per heavy atom. The fraction of sp³-hybridized carbons (Fsp3) is 0.182. The van der Waals surface area contributed by atoms with Gasteiger partial charge in [0.05, 0.1) is 23.6 Å². The SMILES string of the molecule is CCn1cnc2c1c(=O)n(CC(=O)Nc1cc(Cl)ccc1Cl)c(=O)n2Cc1ccccc1. The summed E-state index contributed by atoms with van der Waals surface area (Å²) in [5, 5.41) is 3.29. The van der Waals surface area contributed by atoms with E-state index in [1.807, 2.05) is 37.3 Å². The number of fused-ring (bicyclic) bond motifs is 1. The number of carbonyl (C=O) groups is 1. The molecule has 2 heterocycles. The van der Waals surface area contributed by atoms with E-state index in [2.05, 4.69) is 10.3 Å². The molecule has 4 rings (SSSR count). The van der Waals surface area contributed by atoms with Gasteiger partial charge in [-0.05, 0) is 30.7 Å². The molecular formula is C22H19Cl2N5O3. The summed E-state index contributed by atoms with van der Waals surface area (Å²) in [5.74, 6) is -0.582. The zero-order valence-corrected chi connectivity index (χ0v) is 18.6. The second-order valence-electron chi connectivity index (χ2n) is 7.12. The molecule has 0 fully saturated rings. The second kappa shape index (κ2) is 9.02. The Balaban J connectivity index is 1.78. The van der Waals surface area contributed by atoms with E-state index in [9.17, 15) is 14.4 Å². The maximum atomic E-state index is 13.3. The van der Waals surface area contributed by atoms with Gasteiger partial charge in [-0.25, -0.2) is 14.3 Å². The van der Waals surface area contributed by atoms with Crippen molar-refractivity contribution in [2.45, 2.75) is 26.6 Å². The Bertz CT molecular complexity index is 1420. The number of aryl methyl sites for hydroxylation is 1.